The molecule has 2 fully saturated rings. The molecule has 0 radical (unpaired) electrons. The fourth-order valence-electron chi connectivity index (χ4n) is 3.81. The maximum absolute atomic E-state index is 12.5. The Labute approximate surface area is 140 Å². The van der Waals surface area contributed by atoms with Crippen molar-refractivity contribution in [3.8, 4) is 17.3 Å². The Kier molecular flexibility index (Phi) is 3.49. The Balaban J connectivity index is 1.58. The quantitative estimate of drug-likeness (QED) is 0.923. The number of hydrogen-bond donors (Lipinski definition) is 1. The van der Waals surface area contributed by atoms with E-state index in [1.807, 2.05) is 30.3 Å². The van der Waals surface area contributed by atoms with Crippen molar-refractivity contribution in [2.24, 2.45) is 7.05 Å². The molecule has 2 saturated heterocycles. The standard InChI is InChI=1S/C18H19N5O/c1-22-8-7-17(21-22)16-9-13(6-5-12(16)11-19)20-18(24)23-14-3-2-4-15(23)10-14/h5-9,14-15H,2-4,10H2,1H3,(H,20,24). The van der Waals surface area contributed by atoms with Crippen LogP contribution in [0.5, 0.6) is 0 Å². The lowest BCUT2D eigenvalue weighted by molar-refractivity contribution is 0.0173. The van der Waals surface area contributed by atoms with Crippen molar-refractivity contribution < 1.29 is 4.79 Å². The number of anilines is 1. The predicted molar refractivity (Wildman–Crippen MR) is 90.3 cm³/mol. The first-order valence-electron chi connectivity index (χ1n) is 8.29. The summed E-state index contributed by atoms with van der Waals surface area (Å²) in [5.74, 6) is 0. The second-order valence-corrected chi connectivity index (χ2v) is 6.56. The van der Waals surface area contributed by atoms with Gasteiger partial charge in [0.1, 0.15) is 0 Å². The zero-order valence-electron chi connectivity index (χ0n) is 13.6. The lowest BCUT2D eigenvalue weighted by Gasteiger charge is -2.52. The first kappa shape index (κ1) is 14.8. The highest BCUT2D eigenvalue weighted by molar-refractivity contribution is 5.91. The molecule has 2 unspecified atom stereocenters. The molecule has 6 nitrogen and oxygen atoms in total. The van der Waals surface area contributed by atoms with E-state index in [9.17, 15) is 10.1 Å². The largest absolute Gasteiger partial charge is 0.322 e. The zero-order chi connectivity index (χ0) is 16.7. The molecule has 0 saturated carbocycles. The maximum Gasteiger partial charge on any atom is 0.322 e. The maximum atomic E-state index is 12.5. The topological polar surface area (TPSA) is 74.0 Å². The number of fused-ring (bicyclic) bond motifs is 2. The number of rotatable bonds is 2. The number of aromatic nitrogens is 2. The SMILES string of the molecule is Cn1ccc(-c2cc(NC(=O)N3C4CCCC3C4)ccc2C#N)n1. The molecule has 6 heteroatoms. The molecule has 24 heavy (non-hydrogen) atoms. The van der Waals surface area contributed by atoms with Gasteiger partial charge in [-0.15, -0.1) is 0 Å². The minimum atomic E-state index is -0.0346. The number of benzene rings is 1. The van der Waals surface area contributed by atoms with E-state index < -0.39 is 0 Å². The summed E-state index contributed by atoms with van der Waals surface area (Å²) in [4.78, 5) is 14.5. The van der Waals surface area contributed by atoms with Gasteiger partial charge in [-0.3, -0.25) is 4.68 Å². The van der Waals surface area contributed by atoms with E-state index in [2.05, 4.69) is 16.5 Å². The number of nitriles is 1. The van der Waals surface area contributed by atoms with Crippen LogP contribution in [0.25, 0.3) is 11.3 Å². The number of nitrogens with one attached hydrogen (secondary N) is 1. The fraction of sp³-hybridized carbons (Fsp3) is 0.389. The van der Waals surface area contributed by atoms with Crippen molar-refractivity contribution in [3.05, 3.63) is 36.0 Å². The Morgan fingerprint density at radius 1 is 1.33 bits per heavy atom. The van der Waals surface area contributed by atoms with Crippen molar-refractivity contribution in [3.63, 3.8) is 0 Å². The molecule has 1 N–H and O–H groups in total. The summed E-state index contributed by atoms with van der Waals surface area (Å²) in [6.07, 6.45) is 6.41. The highest BCUT2D eigenvalue weighted by Crippen LogP contribution is 2.38. The molecule has 2 aromatic rings. The third kappa shape index (κ3) is 2.42. The average Bonchev–Trinajstić information content (AvgIpc) is 3.01. The van der Waals surface area contributed by atoms with Gasteiger partial charge >= 0.3 is 6.03 Å². The minimum Gasteiger partial charge on any atom is -0.318 e. The van der Waals surface area contributed by atoms with Crippen LogP contribution in [0.1, 0.15) is 31.2 Å². The Morgan fingerprint density at radius 3 is 2.75 bits per heavy atom. The summed E-state index contributed by atoms with van der Waals surface area (Å²) in [5.41, 5.74) is 2.71. The van der Waals surface area contributed by atoms with Gasteiger partial charge in [0, 0.05) is 36.6 Å². The third-order valence-corrected chi connectivity index (χ3v) is 5.02. The second-order valence-electron chi connectivity index (χ2n) is 6.56. The molecular formula is C18H19N5O. The van der Waals surface area contributed by atoms with Crippen molar-refractivity contribution in [1.29, 1.82) is 5.26 Å². The number of hydrogen-bond acceptors (Lipinski definition) is 3. The van der Waals surface area contributed by atoms with Crippen molar-refractivity contribution >= 4 is 11.7 Å². The highest BCUT2D eigenvalue weighted by Gasteiger charge is 2.44. The summed E-state index contributed by atoms with van der Waals surface area (Å²) >= 11 is 0. The van der Waals surface area contributed by atoms with Crippen LogP contribution in [-0.2, 0) is 7.05 Å². The second kappa shape index (κ2) is 5.68. The third-order valence-electron chi connectivity index (χ3n) is 5.02. The molecule has 2 amide bonds. The molecule has 2 aliphatic rings. The smallest absolute Gasteiger partial charge is 0.318 e. The van der Waals surface area contributed by atoms with Gasteiger partial charge in [0.25, 0.3) is 0 Å². The van der Waals surface area contributed by atoms with Crippen LogP contribution in [0, 0.1) is 11.3 Å². The molecule has 122 valence electrons. The number of nitrogens with zero attached hydrogens (tertiary/aromatic N) is 4. The van der Waals surface area contributed by atoms with Gasteiger partial charge in [0.2, 0.25) is 0 Å². The van der Waals surface area contributed by atoms with Crippen LogP contribution in [0.4, 0.5) is 10.5 Å². The predicted octanol–water partition coefficient (Wildman–Crippen LogP) is 3.12. The van der Waals surface area contributed by atoms with Gasteiger partial charge in [0.05, 0.1) is 17.3 Å². The number of carbonyl (C=O) groups is 1. The van der Waals surface area contributed by atoms with E-state index >= 15 is 0 Å². The monoisotopic (exact) mass is 321 g/mol. The molecule has 0 aliphatic carbocycles. The highest BCUT2D eigenvalue weighted by atomic mass is 16.2. The summed E-state index contributed by atoms with van der Waals surface area (Å²) in [5, 5.41) is 16.7. The Hall–Kier alpha value is -2.81. The van der Waals surface area contributed by atoms with Crippen LogP contribution >= 0.6 is 0 Å². The van der Waals surface area contributed by atoms with Gasteiger partial charge < -0.3 is 10.2 Å². The minimum absolute atomic E-state index is 0.0346. The van der Waals surface area contributed by atoms with Crippen molar-refractivity contribution in [2.45, 2.75) is 37.8 Å². The number of carbonyl (C=O) groups excluding carboxylic acids is 1. The van der Waals surface area contributed by atoms with Crippen LogP contribution in [0.15, 0.2) is 30.5 Å². The Bertz CT molecular complexity index is 820. The summed E-state index contributed by atoms with van der Waals surface area (Å²) in [6, 6.07) is 10.2. The fourth-order valence-corrected chi connectivity index (χ4v) is 3.81. The number of urea groups is 1. The molecule has 2 atom stereocenters. The van der Waals surface area contributed by atoms with Gasteiger partial charge in [-0.25, -0.2) is 4.79 Å². The van der Waals surface area contributed by atoms with E-state index in [4.69, 9.17) is 0 Å². The van der Waals surface area contributed by atoms with Crippen molar-refractivity contribution in [1.82, 2.24) is 14.7 Å². The van der Waals surface area contributed by atoms with Crippen LogP contribution in [-0.4, -0.2) is 32.8 Å². The number of piperidine rings is 1. The number of amides is 2. The van der Waals surface area contributed by atoms with Crippen LogP contribution < -0.4 is 5.32 Å². The van der Waals surface area contributed by atoms with Crippen LogP contribution in [0.2, 0.25) is 0 Å². The summed E-state index contributed by atoms with van der Waals surface area (Å²) < 4.78 is 1.70. The van der Waals surface area contributed by atoms with Gasteiger partial charge in [-0.1, -0.05) is 0 Å². The molecule has 1 aromatic carbocycles. The van der Waals surface area contributed by atoms with E-state index in [1.165, 1.54) is 6.42 Å². The Morgan fingerprint density at radius 2 is 2.12 bits per heavy atom. The van der Waals surface area contributed by atoms with E-state index in [0.717, 1.165) is 30.5 Å². The molecule has 2 aliphatic heterocycles. The van der Waals surface area contributed by atoms with Gasteiger partial charge in [-0.05, 0) is 49.9 Å². The molecule has 4 rings (SSSR count). The molecular weight excluding hydrogens is 302 g/mol. The first-order chi connectivity index (χ1) is 11.7. The van der Waals surface area contributed by atoms with E-state index in [1.54, 1.807) is 16.8 Å². The normalized spacial score (nSPS) is 21.8. The van der Waals surface area contributed by atoms with Gasteiger partial charge in [0.15, 0.2) is 0 Å². The van der Waals surface area contributed by atoms with Gasteiger partial charge in [-0.2, -0.15) is 10.4 Å². The molecule has 0 spiro atoms. The first-order valence-corrected chi connectivity index (χ1v) is 8.29. The van der Waals surface area contributed by atoms with Crippen molar-refractivity contribution in [2.75, 3.05) is 5.32 Å². The number of aryl methyl sites for hydroxylation is 1. The molecule has 3 heterocycles. The lowest BCUT2D eigenvalue weighted by Crippen LogP contribution is -2.62. The lowest BCUT2D eigenvalue weighted by atomic mass is 9.80. The average molecular weight is 321 g/mol. The van der Waals surface area contributed by atoms with E-state index in [-0.39, 0.29) is 6.03 Å². The molecule has 1 aromatic heterocycles. The summed E-state index contributed by atoms with van der Waals surface area (Å²) in [6.45, 7) is 0. The van der Waals surface area contributed by atoms with E-state index in [0.29, 0.717) is 23.3 Å². The summed E-state index contributed by atoms with van der Waals surface area (Å²) in [7, 11) is 1.84. The zero-order valence-corrected chi connectivity index (χ0v) is 13.6. The van der Waals surface area contributed by atoms with Crippen LogP contribution in [0.3, 0.4) is 0 Å². The molecule has 2 bridgehead atoms.